The molecule has 1 atom stereocenters. The smallest absolute Gasteiger partial charge is 0.314 e. The first-order valence-corrected chi connectivity index (χ1v) is 16.7. The van der Waals surface area contributed by atoms with E-state index >= 15 is 0 Å². The van der Waals surface area contributed by atoms with Crippen molar-refractivity contribution in [3.63, 3.8) is 0 Å². The summed E-state index contributed by atoms with van der Waals surface area (Å²) in [4.78, 5) is 12.8. The van der Waals surface area contributed by atoms with Crippen LogP contribution in [0.2, 0.25) is 0 Å². The molecule has 0 amide bonds. The third-order valence-corrected chi connectivity index (χ3v) is 8.01. The number of ether oxygens (including phenoxy) is 2. The summed E-state index contributed by atoms with van der Waals surface area (Å²) in [5, 5.41) is 0. The van der Waals surface area contributed by atoms with Crippen LogP contribution in [0.1, 0.15) is 115 Å². The van der Waals surface area contributed by atoms with E-state index in [1.54, 1.807) is 0 Å². The largest absolute Gasteiger partial charge is 0.493 e. The van der Waals surface area contributed by atoms with E-state index in [0.717, 1.165) is 36.2 Å². The van der Waals surface area contributed by atoms with E-state index < -0.39 is 0 Å². The van der Waals surface area contributed by atoms with Crippen LogP contribution in [-0.2, 0) is 22.5 Å². The van der Waals surface area contributed by atoms with Crippen LogP contribution in [0, 0.1) is 5.92 Å². The first-order chi connectivity index (χ1) is 19.9. The molecule has 4 heteroatoms. The Morgan fingerprint density at radius 2 is 1.32 bits per heavy atom. The molecule has 0 radical (unpaired) electrons. The summed E-state index contributed by atoms with van der Waals surface area (Å²) >= 11 is 0. The molecule has 2 aromatic carbocycles. The topological polar surface area (TPSA) is 35.5 Å². The van der Waals surface area contributed by atoms with Crippen molar-refractivity contribution in [3.8, 4) is 5.75 Å². The molecule has 0 fully saturated rings. The van der Waals surface area contributed by atoms with Crippen molar-refractivity contribution in [3.05, 3.63) is 65.7 Å². The van der Waals surface area contributed by atoms with E-state index in [-0.39, 0.29) is 11.9 Å². The molecule has 0 aliphatic heterocycles. The van der Waals surface area contributed by atoms with Gasteiger partial charge in [-0.05, 0) is 37.0 Å². The zero-order valence-corrected chi connectivity index (χ0v) is 26.9. The predicted octanol–water partition coefficient (Wildman–Crippen LogP) is 9.55. The summed E-state index contributed by atoms with van der Waals surface area (Å²) < 4.78 is 12.4. The van der Waals surface area contributed by atoms with Gasteiger partial charge in [-0.15, -0.1) is 0 Å². The number of carbonyl (C=O) groups is 1. The van der Waals surface area contributed by atoms with Crippen molar-refractivity contribution in [1.29, 1.82) is 0 Å². The van der Waals surface area contributed by atoms with Gasteiger partial charge in [-0.1, -0.05) is 127 Å². The lowest BCUT2D eigenvalue weighted by molar-refractivity contribution is -0.906. The Hall–Kier alpha value is -2.33. The maximum absolute atomic E-state index is 12.8. The summed E-state index contributed by atoms with van der Waals surface area (Å²) in [6, 6.07) is 19.0. The molecular formula is C37H60NO3+. The van der Waals surface area contributed by atoms with Gasteiger partial charge in [0, 0.05) is 12.0 Å². The molecule has 230 valence electrons. The minimum Gasteiger partial charge on any atom is -0.493 e. The highest BCUT2D eigenvalue weighted by atomic mass is 16.5. The van der Waals surface area contributed by atoms with Crippen LogP contribution < -0.4 is 4.74 Å². The number of esters is 1. The van der Waals surface area contributed by atoms with Crippen LogP contribution in [0.5, 0.6) is 5.75 Å². The van der Waals surface area contributed by atoms with Gasteiger partial charge in [-0.25, -0.2) is 0 Å². The summed E-state index contributed by atoms with van der Waals surface area (Å²) in [7, 11) is 4.37. The number of unbranched alkanes of at least 4 members (excludes halogenated alkanes) is 11. The van der Waals surface area contributed by atoms with E-state index in [1.807, 2.05) is 12.1 Å². The Morgan fingerprint density at radius 1 is 0.707 bits per heavy atom. The third kappa shape index (κ3) is 16.6. The van der Waals surface area contributed by atoms with Crippen LogP contribution in [0.4, 0.5) is 0 Å². The van der Waals surface area contributed by atoms with Gasteiger partial charge in [-0.3, -0.25) is 4.79 Å². The first kappa shape index (κ1) is 34.9. The van der Waals surface area contributed by atoms with Crippen LogP contribution in [0.15, 0.2) is 54.6 Å². The van der Waals surface area contributed by atoms with Gasteiger partial charge < -0.3 is 14.0 Å². The van der Waals surface area contributed by atoms with Crippen LogP contribution >= 0.6 is 0 Å². The van der Waals surface area contributed by atoms with Gasteiger partial charge in [0.2, 0.25) is 0 Å². The summed E-state index contributed by atoms with van der Waals surface area (Å²) in [5.74, 6) is 0.738. The summed E-state index contributed by atoms with van der Waals surface area (Å²) in [6.45, 7) is 6.98. The van der Waals surface area contributed by atoms with Crippen LogP contribution in [0.25, 0.3) is 0 Å². The molecule has 0 aliphatic rings. The van der Waals surface area contributed by atoms with Gasteiger partial charge in [0.15, 0.2) is 0 Å². The Morgan fingerprint density at radius 3 is 1.95 bits per heavy atom. The highest BCUT2D eigenvalue weighted by molar-refractivity contribution is 5.72. The normalized spacial score (nSPS) is 12.3. The molecular weight excluding hydrogens is 506 g/mol. The van der Waals surface area contributed by atoms with E-state index in [2.05, 4.69) is 70.4 Å². The van der Waals surface area contributed by atoms with Crippen molar-refractivity contribution in [2.24, 2.45) is 5.92 Å². The number of rotatable bonds is 24. The second-order valence-corrected chi connectivity index (χ2v) is 12.5. The van der Waals surface area contributed by atoms with Crippen molar-refractivity contribution in [2.45, 2.75) is 117 Å². The molecule has 41 heavy (non-hydrogen) atoms. The number of aryl methyl sites for hydroxylation is 1. The fourth-order valence-electron chi connectivity index (χ4n) is 5.61. The summed E-state index contributed by atoms with van der Waals surface area (Å²) in [5.41, 5.74) is 2.64. The molecule has 1 unspecified atom stereocenters. The fourth-order valence-corrected chi connectivity index (χ4v) is 5.61. The van der Waals surface area contributed by atoms with Crippen molar-refractivity contribution in [1.82, 2.24) is 0 Å². The first-order valence-electron chi connectivity index (χ1n) is 16.7. The highest BCUT2D eigenvalue weighted by Crippen LogP contribution is 2.18. The Bertz CT molecular complexity index is 927. The quantitative estimate of drug-likeness (QED) is 0.0721. The zero-order chi connectivity index (χ0) is 29.6. The molecule has 0 saturated carbocycles. The number of nitrogens with zero attached hydrogens (tertiary/aromatic N) is 1. The SMILES string of the molecule is CCCCCCCCCCCCCCc1cccc(OCCCOC(=O)C(CC)C[N+](C)(C)Cc2ccccc2)c1. The fraction of sp³-hybridized carbons (Fsp3) is 0.649. The average Bonchev–Trinajstić information content (AvgIpc) is 2.96. The lowest BCUT2D eigenvalue weighted by atomic mass is 10.0. The number of carbonyl (C=O) groups excluding carboxylic acids is 1. The monoisotopic (exact) mass is 566 g/mol. The molecule has 0 saturated heterocycles. The maximum atomic E-state index is 12.8. The lowest BCUT2D eigenvalue weighted by Gasteiger charge is -2.32. The summed E-state index contributed by atoms with van der Waals surface area (Å²) in [6.07, 6.45) is 19.2. The van der Waals surface area contributed by atoms with Crippen LogP contribution in [-0.4, -0.2) is 44.3 Å². The van der Waals surface area contributed by atoms with E-state index in [4.69, 9.17) is 9.47 Å². The number of hydrogen-bond donors (Lipinski definition) is 0. The van der Waals surface area contributed by atoms with Crippen molar-refractivity contribution < 1.29 is 18.8 Å². The standard InChI is InChI=1S/C37H60NO3/c1-5-7-8-9-10-11-12-13-14-15-16-18-23-33-26-21-27-36(30-33)40-28-22-29-41-37(39)35(6-2)32-38(3,4)31-34-24-19-17-20-25-34/h17,19-21,24-27,30,35H,5-16,18,22-23,28-29,31-32H2,1-4H3/q+1. The maximum Gasteiger partial charge on any atom is 0.314 e. The van der Waals surface area contributed by atoms with E-state index in [1.165, 1.54) is 88.2 Å². The Kier molecular flexibility index (Phi) is 18.2. The van der Waals surface area contributed by atoms with Crippen molar-refractivity contribution >= 4 is 5.97 Å². The molecule has 0 bridgehead atoms. The highest BCUT2D eigenvalue weighted by Gasteiger charge is 2.27. The van der Waals surface area contributed by atoms with Gasteiger partial charge in [-0.2, -0.15) is 0 Å². The molecule has 0 aliphatic carbocycles. The minimum atomic E-state index is -0.0911. The second-order valence-electron chi connectivity index (χ2n) is 12.5. The predicted molar refractivity (Wildman–Crippen MR) is 173 cm³/mol. The van der Waals surface area contributed by atoms with Gasteiger partial charge in [0.1, 0.15) is 18.2 Å². The lowest BCUT2D eigenvalue weighted by Crippen LogP contribution is -2.44. The number of hydrogen-bond acceptors (Lipinski definition) is 3. The molecule has 4 nitrogen and oxygen atoms in total. The third-order valence-electron chi connectivity index (χ3n) is 8.01. The van der Waals surface area contributed by atoms with Gasteiger partial charge in [0.25, 0.3) is 0 Å². The number of quaternary nitrogens is 1. The molecule has 0 spiro atoms. The molecule has 0 N–H and O–H groups in total. The Balaban J connectivity index is 1.55. The molecule has 2 rings (SSSR count). The zero-order valence-electron chi connectivity index (χ0n) is 26.9. The van der Waals surface area contributed by atoms with Crippen molar-refractivity contribution in [2.75, 3.05) is 33.9 Å². The van der Waals surface area contributed by atoms with E-state index in [0.29, 0.717) is 19.6 Å². The minimum absolute atomic E-state index is 0.0869. The molecule has 0 heterocycles. The average molecular weight is 567 g/mol. The second kappa shape index (κ2) is 21.4. The van der Waals surface area contributed by atoms with Crippen LogP contribution in [0.3, 0.4) is 0 Å². The molecule has 2 aromatic rings. The Labute approximate surface area is 252 Å². The van der Waals surface area contributed by atoms with Gasteiger partial charge in [0.05, 0.1) is 33.9 Å². The van der Waals surface area contributed by atoms with Gasteiger partial charge >= 0.3 is 5.97 Å². The molecule has 0 aromatic heterocycles. The number of benzene rings is 2. The van der Waals surface area contributed by atoms with E-state index in [9.17, 15) is 4.79 Å².